The average Bonchev–Trinajstić information content (AvgIpc) is 2.84. The third-order valence-corrected chi connectivity index (χ3v) is 6.75. The van der Waals surface area contributed by atoms with Gasteiger partial charge < -0.3 is 20.3 Å². The SMILES string of the molecule is CN1CCCc2cc(C(CNC(=O)C(=O)NCc3ccccc3Cl)N3CCOCC3)ccc21. The Morgan fingerprint density at radius 2 is 1.82 bits per heavy atom. The molecule has 1 saturated heterocycles. The molecule has 8 heteroatoms. The first-order chi connectivity index (χ1) is 16.0. The summed E-state index contributed by atoms with van der Waals surface area (Å²) in [6.45, 7) is 4.53. The van der Waals surface area contributed by atoms with Gasteiger partial charge in [0, 0.05) is 50.5 Å². The number of nitrogens with zero attached hydrogens (tertiary/aromatic N) is 2. The number of fused-ring (bicyclic) bond motifs is 1. The average molecular weight is 471 g/mol. The number of benzene rings is 2. The summed E-state index contributed by atoms with van der Waals surface area (Å²) in [5.74, 6) is -1.30. The van der Waals surface area contributed by atoms with Gasteiger partial charge in [0.15, 0.2) is 0 Å². The van der Waals surface area contributed by atoms with Crippen LogP contribution in [0.3, 0.4) is 0 Å². The molecule has 0 aromatic heterocycles. The van der Waals surface area contributed by atoms with Gasteiger partial charge in [-0.15, -0.1) is 0 Å². The van der Waals surface area contributed by atoms with E-state index in [4.69, 9.17) is 16.3 Å². The fraction of sp³-hybridized carbons (Fsp3) is 0.440. The Kier molecular flexibility index (Phi) is 7.85. The van der Waals surface area contributed by atoms with Crippen LogP contribution < -0.4 is 15.5 Å². The Morgan fingerprint density at radius 1 is 1.06 bits per heavy atom. The molecule has 2 aromatic carbocycles. The zero-order valence-corrected chi connectivity index (χ0v) is 19.7. The number of amides is 2. The fourth-order valence-electron chi connectivity index (χ4n) is 4.53. The number of hydrogen-bond acceptors (Lipinski definition) is 5. The van der Waals surface area contributed by atoms with E-state index in [1.54, 1.807) is 6.07 Å². The van der Waals surface area contributed by atoms with Gasteiger partial charge in [-0.1, -0.05) is 41.9 Å². The summed E-state index contributed by atoms with van der Waals surface area (Å²) in [5.41, 5.74) is 4.53. The standard InChI is InChI=1S/C25H31ClN4O3/c1-29-10-4-6-18-15-19(8-9-22(18)29)23(30-11-13-33-14-12-30)17-28-25(32)24(31)27-16-20-5-2-3-7-21(20)26/h2-3,5,7-9,15,23H,4,6,10-14,16-17H2,1H3,(H,27,31)(H,28,32). The van der Waals surface area contributed by atoms with Crippen LogP contribution in [0, 0.1) is 0 Å². The van der Waals surface area contributed by atoms with Crippen molar-refractivity contribution in [3.63, 3.8) is 0 Å². The monoisotopic (exact) mass is 470 g/mol. The summed E-state index contributed by atoms with van der Waals surface area (Å²) in [4.78, 5) is 29.5. The first kappa shape index (κ1) is 23.5. The van der Waals surface area contributed by atoms with Crippen LogP contribution >= 0.6 is 11.6 Å². The van der Waals surface area contributed by atoms with Gasteiger partial charge in [0.1, 0.15) is 0 Å². The molecule has 1 unspecified atom stereocenters. The van der Waals surface area contributed by atoms with E-state index in [-0.39, 0.29) is 12.6 Å². The molecular formula is C25H31ClN4O3. The summed E-state index contributed by atoms with van der Waals surface area (Å²) in [5, 5.41) is 6.05. The van der Waals surface area contributed by atoms with Crippen LogP contribution in [-0.4, -0.2) is 63.2 Å². The molecule has 2 aliphatic rings. The molecule has 1 fully saturated rings. The van der Waals surface area contributed by atoms with Gasteiger partial charge in [-0.05, 0) is 41.7 Å². The van der Waals surface area contributed by atoms with E-state index in [9.17, 15) is 9.59 Å². The van der Waals surface area contributed by atoms with Crippen molar-refractivity contribution >= 4 is 29.1 Å². The Labute approximate surface area is 200 Å². The Bertz CT molecular complexity index is 993. The van der Waals surface area contributed by atoms with Crippen molar-refractivity contribution in [2.24, 2.45) is 0 Å². The fourth-order valence-corrected chi connectivity index (χ4v) is 4.73. The molecule has 2 heterocycles. The first-order valence-electron chi connectivity index (χ1n) is 11.5. The van der Waals surface area contributed by atoms with E-state index >= 15 is 0 Å². The van der Waals surface area contributed by atoms with Gasteiger partial charge in [-0.3, -0.25) is 14.5 Å². The molecule has 7 nitrogen and oxygen atoms in total. The smallest absolute Gasteiger partial charge is 0.309 e. The minimum atomic E-state index is -0.664. The molecule has 2 amide bonds. The normalized spacial score (nSPS) is 17.2. The third kappa shape index (κ3) is 5.85. The van der Waals surface area contributed by atoms with E-state index in [0.29, 0.717) is 24.8 Å². The minimum Gasteiger partial charge on any atom is -0.379 e. The molecule has 0 bridgehead atoms. The zero-order chi connectivity index (χ0) is 23.2. The van der Waals surface area contributed by atoms with Crippen molar-refractivity contribution in [3.05, 3.63) is 64.2 Å². The van der Waals surface area contributed by atoms with Crippen molar-refractivity contribution in [2.45, 2.75) is 25.4 Å². The van der Waals surface area contributed by atoms with Gasteiger partial charge in [0.2, 0.25) is 0 Å². The highest BCUT2D eigenvalue weighted by molar-refractivity contribution is 6.35. The van der Waals surface area contributed by atoms with E-state index in [2.05, 4.69) is 45.7 Å². The van der Waals surface area contributed by atoms with Crippen LogP contribution in [0.1, 0.15) is 29.2 Å². The lowest BCUT2D eigenvalue weighted by Gasteiger charge is -2.36. The summed E-state index contributed by atoms with van der Waals surface area (Å²) >= 11 is 6.13. The van der Waals surface area contributed by atoms with Gasteiger partial charge in [0.25, 0.3) is 0 Å². The van der Waals surface area contributed by atoms with Crippen LogP contribution in [0.2, 0.25) is 5.02 Å². The van der Waals surface area contributed by atoms with Crippen LogP contribution in [0.4, 0.5) is 5.69 Å². The molecule has 4 rings (SSSR count). The quantitative estimate of drug-likeness (QED) is 0.635. The van der Waals surface area contributed by atoms with E-state index in [1.807, 2.05) is 18.2 Å². The van der Waals surface area contributed by atoms with E-state index in [0.717, 1.165) is 43.6 Å². The molecule has 0 aliphatic carbocycles. The lowest BCUT2D eigenvalue weighted by molar-refractivity contribution is -0.139. The van der Waals surface area contributed by atoms with Crippen LogP contribution in [0.25, 0.3) is 0 Å². The highest BCUT2D eigenvalue weighted by Crippen LogP contribution is 2.31. The summed E-state index contributed by atoms with van der Waals surface area (Å²) in [6.07, 6.45) is 2.19. The van der Waals surface area contributed by atoms with Crippen molar-refractivity contribution < 1.29 is 14.3 Å². The zero-order valence-electron chi connectivity index (χ0n) is 19.0. The molecule has 2 N–H and O–H groups in total. The van der Waals surface area contributed by atoms with Crippen LogP contribution in [0.15, 0.2) is 42.5 Å². The summed E-state index contributed by atoms with van der Waals surface area (Å²) in [7, 11) is 2.12. The molecule has 2 aliphatic heterocycles. The molecule has 0 saturated carbocycles. The molecule has 0 radical (unpaired) electrons. The maximum absolute atomic E-state index is 12.5. The number of nitrogens with one attached hydrogen (secondary N) is 2. The maximum Gasteiger partial charge on any atom is 0.309 e. The number of aryl methyl sites for hydroxylation is 1. The van der Waals surface area contributed by atoms with Crippen molar-refractivity contribution in [1.29, 1.82) is 0 Å². The Hall–Kier alpha value is -2.61. The number of anilines is 1. The molecule has 0 spiro atoms. The Balaban J connectivity index is 1.42. The van der Waals surface area contributed by atoms with Crippen LogP contribution in [0.5, 0.6) is 0 Å². The second-order valence-electron chi connectivity index (χ2n) is 8.56. The maximum atomic E-state index is 12.5. The van der Waals surface area contributed by atoms with Gasteiger partial charge in [-0.25, -0.2) is 0 Å². The van der Waals surface area contributed by atoms with Gasteiger partial charge in [-0.2, -0.15) is 0 Å². The number of rotatable bonds is 6. The lowest BCUT2D eigenvalue weighted by atomic mass is 9.95. The Morgan fingerprint density at radius 3 is 2.61 bits per heavy atom. The van der Waals surface area contributed by atoms with Gasteiger partial charge >= 0.3 is 11.8 Å². The topological polar surface area (TPSA) is 73.9 Å². The molecule has 176 valence electrons. The third-order valence-electron chi connectivity index (χ3n) is 6.39. The molecular weight excluding hydrogens is 440 g/mol. The molecule has 1 atom stereocenters. The predicted octanol–water partition coefficient (Wildman–Crippen LogP) is 2.53. The van der Waals surface area contributed by atoms with E-state index < -0.39 is 11.8 Å². The van der Waals surface area contributed by atoms with Crippen molar-refractivity contribution in [2.75, 3.05) is 51.3 Å². The minimum absolute atomic E-state index is 0.0215. The van der Waals surface area contributed by atoms with Crippen molar-refractivity contribution in [3.8, 4) is 0 Å². The second kappa shape index (κ2) is 11.0. The number of carbonyl (C=O) groups excluding carboxylic acids is 2. The number of ether oxygens (including phenoxy) is 1. The van der Waals surface area contributed by atoms with E-state index in [1.165, 1.54) is 11.3 Å². The summed E-state index contributed by atoms with van der Waals surface area (Å²) in [6, 6.07) is 13.8. The highest BCUT2D eigenvalue weighted by Gasteiger charge is 2.26. The number of carbonyl (C=O) groups is 2. The highest BCUT2D eigenvalue weighted by atomic mass is 35.5. The van der Waals surface area contributed by atoms with Crippen LogP contribution in [-0.2, 0) is 27.3 Å². The number of halogens is 1. The number of hydrogen-bond donors (Lipinski definition) is 2. The predicted molar refractivity (Wildman–Crippen MR) is 129 cm³/mol. The van der Waals surface area contributed by atoms with Crippen molar-refractivity contribution in [1.82, 2.24) is 15.5 Å². The molecule has 33 heavy (non-hydrogen) atoms. The molecule has 2 aromatic rings. The largest absolute Gasteiger partial charge is 0.379 e. The summed E-state index contributed by atoms with van der Waals surface area (Å²) < 4.78 is 5.53. The second-order valence-corrected chi connectivity index (χ2v) is 8.97. The van der Waals surface area contributed by atoms with Gasteiger partial charge in [0.05, 0.1) is 19.3 Å². The first-order valence-corrected chi connectivity index (χ1v) is 11.9. The lowest BCUT2D eigenvalue weighted by Crippen LogP contribution is -2.46. The number of morpholine rings is 1.